The number of nitrogens with one attached hydrogen (secondary N) is 1. The van der Waals surface area contributed by atoms with Crippen molar-refractivity contribution in [3.8, 4) is 11.5 Å². The van der Waals surface area contributed by atoms with Crippen LogP contribution in [0.1, 0.15) is 28.4 Å². The number of fused-ring (bicyclic) bond motifs is 1. The highest BCUT2D eigenvalue weighted by molar-refractivity contribution is 5.95. The van der Waals surface area contributed by atoms with E-state index in [4.69, 9.17) is 9.47 Å². The molecule has 1 aliphatic heterocycles. The van der Waals surface area contributed by atoms with Crippen molar-refractivity contribution in [2.45, 2.75) is 20.8 Å². The molecule has 0 saturated heterocycles. The van der Waals surface area contributed by atoms with Gasteiger partial charge < -0.3 is 19.7 Å². The number of ether oxygens (including phenoxy) is 2. The molecule has 0 aliphatic carbocycles. The number of nitrogens with zero attached hydrogens (tertiary/aromatic N) is 1. The highest BCUT2D eigenvalue weighted by Crippen LogP contribution is 2.32. The van der Waals surface area contributed by atoms with Crippen LogP contribution in [-0.2, 0) is 4.79 Å². The van der Waals surface area contributed by atoms with E-state index in [0.29, 0.717) is 30.2 Å². The molecule has 0 saturated carbocycles. The number of rotatable bonds is 5. The summed E-state index contributed by atoms with van der Waals surface area (Å²) in [4.78, 5) is 26.0. The van der Waals surface area contributed by atoms with Gasteiger partial charge in [-0.1, -0.05) is 17.7 Å². The van der Waals surface area contributed by atoms with Crippen LogP contribution in [0, 0.1) is 13.8 Å². The lowest BCUT2D eigenvalue weighted by atomic mass is 10.1. The summed E-state index contributed by atoms with van der Waals surface area (Å²) in [6.07, 6.45) is 0. The zero-order valence-corrected chi connectivity index (χ0v) is 15.2. The van der Waals surface area contributed by atoms with Gasteiger partial charge in [-0.25, -0.2) is 0 Å². The minimum Gasteiger partial charge on any atom is -0.454 e. The Kier molecular flexibility index (Phi) is 5.11. The molecule has 1 aliphatic rings. The van der Waals surface area contributed by atoms with Crippen molar-refractivity contribution in [3.05, 3.63) is 53.1 Å². The maximum absolute atomic E-state index is 12.3. The number of hydrogen-bond donors (Lipinski definition) is 1. The maximum atomic E-state index is 12.3. The zero-order valence-electron chi connectivity index (χ0n) is 15.2. The lowest BCUT2D eigenvalue weighted by molar-refractivity contribution is -0.116. The van der Waals surface area contributed by atoms with Gasteiger partial charge in [0.2, 0.25) is 12.7 Å². The summed E-state index contributed by atoms with van der Waals surface area (Å²) < 4.78 is 10.5. The molecule has 136 valence electrons. The van der Waals surface area contributed by atoms with E-state index in [1.54, 1.807) is 23.1 Å². The van der Waals surface area contributed by atoms with Crippen molar-refractivity contribution >= 4 is 17.5 Å². The average molecular weight is 354 g/mol. The van der Waals surface area contributed by atoms with Crippen LogP contribution < -0.4 is 19.7 Å². The molecule has 26 heavy (non-hydrogen) atoms. The normalized spacial score (nSPS) is 12.0. The molecule has 0 unspecified atom stereocenters. The van der Waals surface area contributed by atoms with Crippen molar-refractivity contribution < 1.29 is 19.1 Å². The van der Waals surface area contributed by atoms with Crippen molar-refractivity contribution in [1.29, 1.82) is 0 Å². The predicted octanol–water partition coefficient (Wildman–Crippen LogP) is 2.82. The molecular formula is C20H22N2O4. The number of carbonyl (C=O) groups is 2. The third-order valence-electron chi connectivity index (χ3n) is 4.28. The maximum Gasteiger partial charge on any atom is 0.251 e. The zero-order chi connectivity index (χ0) is 18.7. The molecular weight excluding hydrogens is 332 g/mol. The van der Waals surface area contributed by atoms with E-state index in [2.05, 4.69) is 5.32 Å². The van der Waals surface area contributed by atoms with Crippen molar-refractivity contribution in [2.24, 2.45) is 0 Å². The molecule has 0 spiro atoms. The van der Waals surface area contributed by atoms with Gasteiger partial charge >= 0.3 is 0 Å². The van der Waals surface area contributed by atoms with Crippen molar-refractivity contribution in [3.63, 3.8) is 0 Å². The van der Waals surface area contributed by atoms with E-state index in [1.807, 2.05) is 32.0 Å². The van der Waals surface area contributed by atoms with Gasteiger partial charge in [-0.3, -0.25) is 9.59 Å². The molecule has 2 aromatic carbocycles. The predicted molar refractivity (Wildman–Crippen MR) is 98.8 cm³/mol. The van der Waals surface area contributed by atoms with E-state index in [1.165, 1.54) is 6.92 Å². The van der Waals surface area contributed by atoms with Crippen LogP contribution in [0.3, 0.4) is 0 Å². The standard InChI is InChI=1S/C20H22N2O4/c1-13-4-6-17(14(2)10-13)22(15(3)23)9-8-21-20(24)16-5-7-18-19(11-16)26-12-25-18/h4-7,10-11H,8-9,12H2,1-3H3,(H,21,24). The fourth-order valence-electron chi connectivity index (χ4n) is 2.98. The first kappa shape index (κ1) is 17.8. The molecule has 1 N–H and O–H groups in total. The van der Waals surface area contributed by atoms with Gasteiger partial charge in [-0.05, 0) is 43.7 Å². The van der Waals surface area contributed by atoms with Crippen molar-refractivity contribution in [1.82, 2.24) is 5.32 Å². The molecule has 0 fully saturated rings. The summed E-state index contributed by atoms with van der Waals surface area (Å²) in [5.74, 6) is 0.930. The summed E-state index contributed by atoms with van der Waals surface area (Å²) >= 11 is 0. The van der Waals surface area contributed by atoms with Gasteiger partial charge in [0, 0.05) is 31.3 Å². The van der Waals surface area contributed by atoms with Gasteiger partial charge in [0.15, 0.2) is 11.5 Å². The lowest BCUT2D eigenvalue weighted by Crippen LogP contribution is -2.38. The summed E-state index contributed by atoms with van der Waals surface area (Å²) in [5, 5.41) is 2.85. The molecule has 6 nitrogen and oxygen atoms in total. The van der Waals surface area contributed by atoms with Crippen LogP contribution in [0.5, 0.6) is 11.5 Å². The summed E-state index contributed by atoms with van der Waals surface area (Å²) in [5.41, 5.74) is 3.53. The van der Waals surface area contributed by atoms with Gasteiger partial charge in [-0.2, -0.15) is 0 Å². The Labute approximate surface area is 152 Å². The van der Waals surface area contributed by atoms with E-state index < -0.39 is 0 Å². The summed E-state index contributed by atoms with van der Waals surface area (Å²) in [7, 11) is 0. The molecule has 0 bridgehead atoms. The molecule has 0 radical (unpaired) electrons. The molecule has 6 heteroatoms. The van der Waals surface area contributed by atoms with Gasteiger partial charge in [0.05, 0.1) is 0 Å². The number of hydrogen-bond acceptors (Lipinski definition) is 4. The van der Waals surface area contributed by atoms with Gasteiger partial charge in [0.25, 0.3) is 5.91 Å². The highest BCUT2D eigenvalue weighted by atomic mass is 16.7. The second kappa shape index (κ2) is 7.47. The topological polar surface area (TPSA) is 67.9 Å². The third kappa shape index (κ3) is 3.79. The summed E-state index contributed by atoms with van der Waals surface area (Å²) in [6, 6.07) is 11.0. The van der Waals surface area contributed by atoms with Crippen molar-refractivity contribution in [2.75, 3.05) is 24.8 Å². The monoisotopic (exact) mass is 354 g/mol. The largest absolute Gasteiger partial charge is 0.454 e. The minimum atomic E-state index is -0.215. The Hall–Kier alpha value is -3.02. The van der Waals surface area contributed by atoms with Crippen LogP contribution in [0.4, 0.5) is 5.69 Å². The average Bonchev–Trinajstić information content (AvgIpc) is 3.06. The molecule has 3 rings (SSSR count). The van der Waals surface area contributed by atoms with Crippen LogP contribution in [-0.4, -0.2) is 31.7 Å². The number of benzene rings is 2. The first-order valence-electron chi connectivity index (χ1n) is 8.49. The van der Waals surface area contributed by atoms with Crippen LogP contribution in [0.2, 0.25) is 0 Å². The highest BCUT2D eigenvalue weighted by Gasteiger charge is 2.17. The van der Waals surface area contributed by atoms with Crippen LogP contribution in [0.15, 0.2) is 36.4 Å². The Morgan fingerprint density at radius 1 is 1.08 bits per heavy atom. The molecule has 2 amide bonds. The molecule has 2 aromatic rings. The smallest absolute Gasteiger partial charge is 0.251 e. The van der Waals surface area contributed by atoms with E-state index in [0.717, 1.165) is 16.8 Å². The molecule has 0 aromatic heterocycles. The SMILES string of the molecule is CC(=O)N(CCNC(=O)c1ccc2c(c1)OCO2)c1ccc(C)cc1C. The Bertz CT molecular complexity index is 848. The fraction of sp³-hybridized carbons (Fsp3) is 0.300. The van der Waals surface area contributed by atoms with E-state index >= 15 is 0 Å². The first-order valence-corrected chi connectivity index (χ1v) is 8.49. The van der Waals surface area contributed by atoms with E-state index in [9.17, 15) is 9.59 Å². The second-order valence-electron chi connectivity index (χ2n) is 6.28. The Balaban J connectivity index is 1.63. The van der Waals surface area contributed by atoms with Crippen LogP contribution >= 0.6 is 0 Å². The lowest BCUT2D eigenvalue weighted by Gasteiger charge is -2.23. The first-order chi connectivity index (χ1) is 12.5. The van der Waals surface area contributed by atoms with Gasteiger partial charge in [-0.15, -0.1) is 0 Å². The number of carbonyl (C=O) groups excluding carboxylic acids is 2. The summed E-state index contributed by atoms with van der Waals surface area (Å²) in [6.45, 7) is 6.43. The Morgan fingerprint density at radius 2 is 1.85 bits per heavy atom. The van der Waals surface area contributed by atoms with Gasteiger partial charge in [0.1, 0.15) is 0 Å². The number of amides is 2. The number of anilines is 1. The molecule has 0 atom stereocenters. The third-order valence-corrected chi connectivity index (χ3v) is 4.28. The molecule has 1 heterocycles. The number of aryl methyl sites for hydroxylation is 2. The quantitative estimate of drug-likeness (QED) is 0.897. The minimum absolute atomic E-state index is 0.0609. The Morgan fingerprint density at radius 3 is 2.58 bits per heavy atom. The van der Waals surface area contributed by atoms with E-state index in [-0.39, 0.29) is 18.6 Å². The van der Waals surface area contributed by atoms with Crippen LogP contribution in [0.25, 0.3) is 0 Å². The second-order valence-corrected chi connectivity index (χ2v) is 6.28. The fourth-order valence-corrected chi connectivity index (χ4v) is 2.98.